The number of oxazole rings is 2. The summed E-state index contributed by atoms with van der Waals surface area (Å²) < 4.78 is 77.7. The molecule has 8 rings (SSSR count). The molecule has 12 nitrogen and oxygen atoms in total. The van der Waals surface area contributed by atoms with Gasteiger partial charge in [0.2, 0.25) is 11.8 Å². The van der Waals surface area contributed by atoms with E-state index in [9.17, 15) is 38.0 Å². The Kier molecular flexibility index (Phi) is 9.95. The van der Waals surface area contributed by atoms with Crippen molar-refractivity contribution < 1.29 is 45.8 Å². The summed E-state index contributed by atoms with van der Waals surface area (Å²) in [5, 5.41) is 30.9. The molecule has 2 aromatic heterocycles. The van der Waals surface area contributed by atoms with E-state index < -0.39 is 36.6 Å². The Morgan fingerprint density at radius 2 is 1.55 bits per heavy atom. The second kappa shape index (κ2) is 14.9. The summed E-state index contributed by atoms with van der Waals surface area (Å²) in [5.41, 5.74) is 0.615. The van der Waals surface area contributed by atoms with E-state index in [-0.39, 0.29) is 68.6 Å². The van der Waals surface area contributed by atoms with Crippen LogP contribution in [0.4, 0.5) is 17.6 Å². The number of hydrogen-bond acceptors (Lipinski definition) is 11. The first-order chi connectivity index (χ1) is 27.8. The van der Waals surface area contributed by atoms with Crippen LogP contribution in [0.25, 0.3) is 27.8 Å². The number of ether oxygens (including phenoxy) is 2. The lowest BCUT2D eigenvalue weighted by Gasteiger charge is -2.46. The maximum absolute atomic E-state index is 13.8. The van der Waals surface area contributed by atoms with Gasteiger partial charge in [0.15, 0.2) is 16.6 Å². The number of carbonyl (C=O) groups is 1. The van der Waals surface area contributed by atoms with Crippen molar-refractivity contribution in [2.24, 2.45) is 11.3 Å². The number of benzene rings is 3. The highest BCUT2D eigenvalue weighted by molar-refractivity contribution is 5.82. The molecule has 1 aliphatic carbocycles. The number of fused-ring (bicyclic) bond motifs is 2. The molecule has 0 bridgehead atoms. The summed E-state index contributed by atoms with van der Waals surface area (Å²) >= 11 is 0. The lowest BCUT2D eigenvalue weighted by molar-refractivity contribution is -0.142. The van der Waals surface area contributed by atoms with Crippen molar-refractivity contribution in [1.29, 1.82) is 10.5 Å². The van der Waals surface area contributed by atoms with Crippen molar-refractivity contribution in [3.05, 3.63) is 101 Å². The van der Waals surface area contributed by atoms with E-state index in [0.29, 0.717) is 42.6 Å². The summed E-state index contributed by atoms with van der Waals surface area (Å²) in [6.45, 7) is 0.0327. The van der Waals surface area contributed by atoms with Gasteiger partial charge in [-0.3, -0.25) is 14.6 Å². The van der Waals surface area contributed by atoms with Crippen LogP contribution in [0, 0.1) is 34.0 Å². The molecular weight excluding hydrogens is 760 g/mol. The zero-order valence-electron chi connectivity index (χ0n) is 31.3. The highest BCUT2D eigenvalue weighted by Crippen LogP contribution is 2.50. The smallest absolute Gasteiger partial charge is 0.387 e. The Balaban J connectivity index is 1.30. The lowest BCUT2D eigenvalue weighted by Crippen LogP contribution is -2.52. The summed E-state index contributed by atoms with van der Waals surface area (Å²) in [5.74, 6) is -2.85. The van der Waals surface area contributed by atoms with Gasteiger partial charge >= 0.3 is 19.2 Å². The van der Waals surface area contributed by atoms with Crippen molar-refractivity contribution in [3.8, 4) is 23.6 Å². The lowest BCUT2D eigenvalue weighted by atomic mass is 9.67. The van der Waals surface area contributed by atoms with Crippen molar-refractivity contribution in [1.82, 2.24) is 19.8 Å². The largest absolute Gasteiger partial charge is 0.480 e. The monoisotopic (exact) mass is 796 g/mol. The molecule has 16 heteroatoms. The summed E-state index contributed by atoms with van der Waals surface area (Å²) in [7, 11) is 0. The van der Waals surface area contributed by atoms with Crippen molar-refractivity contribution in [2.45, 2.75) is 64.5 Å². The van der Waals surface area contributed by atoms with Crippen molar-refractivity contribution >= 4 is 33.7 Å². The van der Waals surface area contributed by atoms with E-state index in [1.807, 2.05) is 0 Å². The first-order valence-electron chi connectivity index (χ1n) is 18.5. The van der Waals surface area contributed by atoms with Gasteiger partial charge in [0.05, 0.1) is 23.6 Å². The fraction of sp³-hybridized carbons (Fsp3) is 0.357. The van der Waals surface area contributed by atoms with Crippen LogP contribution in [0.3, 0.4) is 0 Å². The van der Waals surface area contributed by atoms with Crippen LogP contribution in [-0.4, -0.2) is 69.7 Å². The first kappa shape index (κ1) is 38.6. The van der Waals surface area contributed by atoms with Crippen LogP contribution in [0.2, 0.25) is 0 Å². The maximum Gasteiger partial charge on any atom is 0.387 e. The predicted molar refractivity (Wildman–Crippen MR) is 200 cm³/mol. The standard InChI is InChI=1S/C42H36F4N6O6/c1-41(2)21-51(22-41)19-24-13-29-34(15-32(24)57-39(43)44)55-37(49-29)42(11-5-9-27(28(42)18-48)26-8-4-3-7-23(26)17-47)38-50-30-14-25(20-52-12-6-10-31(52)36(53)54)33(58-40(45)46)16-35(30)56-38/h3-5,7-9,11,13-16,28,31,39-40H,6,10,12,19-22H2,1-2H3,(H,53,54)/t28?,31-,42?/m0/s1. The molecule has 4 heterocycles. The van der Waals surface area contributed by atoms with Crippen LogP contribution >= 0.6 is 0 Å². The maximum atomic E-state index is 13.8. The molecule has 0 amide bonds. The fourth-order valence-electron chi connectivity index (χ4n) is 8.51. The highest BCUT2D eigenvalue weighted by Gasteiger charge is 2.52. The number of alkyl halides is 4. The van der Waals surface area contributed by atoms with Gasteiger partial charge in [-0.05, 0) is 54.1 Å². The van der Waals surface area contributed by atoms with Crippen LogP contribution in [0.5, 0.6) is 11.5 Å². The molecule has 3 atom stereocenters. The first-order valence-corrected chi connectivity index (χ1v) is 18.5. The molecule has 0 radical (unpaired) electrons. The molecule has 58 heavy (non-hydrogen) atoms. The number of aromatic nitrogens is 2. The van der Waals surface area contributed by atoms with Crippen molar-refractivity contribution in [3.63, 3.8) is 0 Å². The topological polar surface area (TPSA) is 162 Å². The number of carboxylic acid groups (broad SMARTS) is 1. The van der Waals surface area contributed by atoms with Gasteiger partial charge in [-0.25, -0.2) is 9.97 Å². The molecule has 298 valence electrons. The van der Waals surface area contributed by atoms with Crippen LogP contribution < -0.4 is 9.47 Å². The van der Waals surface area contributed by atoms with E-state index in [2.05, 4.69) is 30.9 Å². The number of halogens is 4. The fourth-order valence-corrected chi connectivity index (χ4v) is 8.51. The summed E-state index contributed by atoms with van der Waals surface area (Å²) in [6.07, 6.45) is 5.92. The van der Waals surface area contributed by atoms with Crippen LogP contribution in [-0.2, 0) is 23.3 Å². The zero-order valence-corrected chi connectivity index (χ0v) is 31.3. The Hall–Kier alpha value is -6.23. The molecule has 0 saturated carbocycles. The molecule has 3 aliphatic rings. The van der Waals surface area contributed by atoms with E-state index in [4.69, 9.17) is 28.3 Å². The zero-order chi connectivity index (χ0) is 40.9. The van der Waals surface area contributed by atoms with E-state index in [1.54, 1.807) is 53.5 Å². The number of carboxylic acids is 1. The van der Waals surface area contributed by atoms with E-state index >= 15 is 0 Å². The Morgan fingerprint density at radius 1 is 0.948 bits per heavy atom. The number of aliphatic carboxylic acids is 1. The minimum atomic E-state index is -3.22. The number of nitriles is 2. The Morgan fingerprint density at radius 3 is 2.10 bits per heavy atom. The third-order valence-corrected chi connectivity index (χ3v) is 10.9. The second-order valence-electron chi connectivity index (χ2n) is 15.5. The second-order valence-corrected chi connectivity index (χ2v) is 15.5. The van der Waals surface area contributed by atoms with Gasteiger partial charge < -0.3 is 23.4 Å². The average molecular weight is 797 g/mol. The van der Waals surface area contributed by atoms with Crippen LogP contribution in [0.15, 0.2) is 75.6 Å². The minimum Gasteiger partial charge on any atom is -0.480 e. The molecule has 2 saturated heterocycles. The third-order valence-electron chi connectivity index (χ3n) is 10.9. The minimum absolute atomic E-state index is 0.00656. The molecule has 2 unspecified atom stereocenters. The van der Waals surface area contributed by atoms with Crippen molar-refractivity contribution in [2.75, 3.05) is 19.6 Å². The molecule has 5 aromatic rings. The summed E-state index contributed by atoms with van der Waals surface area (Å²) in [6, 6.07) is 16.0. The number of rotatable bonds is 12. The van der Waals surface area contributed by atoms with Gasteiger partial charge in [0.25, 0.3) is 0 Å². The highest BCUT2D eigenvalue weighted by atomic mass is 19.3. The molecule has 2 fully saturated rings. The van der Waals surface area contributed by atoms with Crippen LogP contribution in [0.1, 0.15) is 60.7 Å². The quantitative estimate of drug-likeness (QED) is 0.121. The molecule has 0 spiro atoms. The van der Waals surface area contributed by atoms with Gasteiger partial charge in [-0.15, -0.1) is 0 Å². The molecule has 3 aromatic carbocycles. The molecule has 2 aliphatic heterocycles. The van der Waals surface area contributed by atoms with E-state index in [0.717, 1.165) is 13.1 Å². The van der Waals surface area contributed by atoms with Gasteiger partial charge in [0, 0.05) is 49.4 Å². The summed E-state index contributed by atoms with van der Waals surface area (Å²) in [4.78, 5) is 25.4. The number of allylic oxidation sites excluding steroid dienone is 4. The number of hydrogen-bond donors (Lipinski definition) is 1. The van der Waals surface area contributed by atoms with Gasteiger partial charge in [-0.1, -0.05) is 50.3 Å². The SMILES string of the molecule is CC1(C)CN(Cc2cc3nc(C4(c5nc6cc(CN7CCC[C@H]7C(=O)O)c(OC(F)F)cc6o5)C=CC=C(c5ccccc5C#N)C4C#N)oc3cc2OC(F)F)C1. The molecular formula is C42H36F4N6O6. The Labute approximate surface area is 329 Å². The number of nitrogens with zero attached hydrogens (tertiary/aromatic N) is 6. The third kappa shape index (κ3) is 7.03. The van der Waals surface area contributed by atoms with Gasteiger partial charge in [-0.2, -0.15) is 28.1 Å². The molecule has 1 N–H and O–H groups in total. The predicted octanol–water partition coefficient (Wildman–Crippen LogP) is 8.01. The average Bonchev–Trinajstić information content (AvgIpc) is 3.92. The normalized spacial score (nSPS) is 21.9. The Bertz CT molecular complexity index is 2560. The van der Waals surface area contributed by atoms with E-state index in [1.165, 1.54) is 18.2 Å². The van der Waals surface area contributed by atoms with Gasteiger partial charge in [0.1, 0.15) is 28.6 Å². The number of likely N-dealkylation sites (tertiary alicyclic amines) is 2.